The average Bonchev–Trinajstić information content (AvgIpc) is 2.84. The molecule has 0 saturated heterocycles. The van der Waals surface area contributed by atoms with Crippen LogP contribution < -0.4 is 11.3 Å². The van der Waals surface area contributed by atoms with E-state index in [1.165, 1.54) is 0 Å². The third-order valence-corrected chi connectivity index (χ3v) is 3.80. The van der Waals surface area contributed by atoms with Crippen molar-refractivity contribution in [2.45, 2.75) is 26.8 Å². The Kier molecular flexibility index (Phi) is 3.87. The van der Waals surface area contributed by atoms with E-state index < -0.39 is 0 Å². The average molecular weight is 262 g/mol. The Morgan fingerprint density at radius 2 is 2.11 bits per heavy atom. The van der Waals surface area contributed by atoms with E-state index in [0.29, 0.717) is 11.6 Å². The summed E-state index contributed by atoms with van der Waals surface area (Å²) in [5.74, 6) is 0.564. The lowest BCUT2D eigenvalue weighted by Gasteiger charge is -2.13. The second-order valence-electron chi connectivity index (χ2n) is 4.79. The summed E-state index contributed by atoms with van der Waals surface area (Å²) in [5, 5.41) is 2.02. The first kappa shape index (κ1) is 12.9. The zero-order chi connectivity index (χ0) is 13.1. The summed E-state index contributed by atoms with van der Waals surface area (Å²) < 4.78 is 1.79. The molecule has 0 spiro atoms. The number of rotatable bonds is 4. The van der Waals surface area contributed by atoms with Crippen LogP contribution in [0, 0.1) is 5.92 Å². The van der Waals surface area contributed by atoms with Gasteiger partial charge in [-0.1, -0.05) is 19.9 Å². The quantitative estimate of drug-likeness (QED) is 0.919. The van der Waals surface area contributed by atoms with Crippen molar-refractivity contribution in [3.05, 3.63) is 40.0 Å². The molecule has 0 aliphatic heterocycles. The number of aromatic nitrogens is 1. The monoisotopic (exact) mass is 262 g/mol. The van der Waals surface area contributed by atoms with Crippen LogP contribution >= 0.6 is 11.3 Å². The fourth-order valence-electron chi connectivity index (χ4n) is 1.84. The van der Waals surface area contributed by atoms with Gasteiger partial charge in [0.15, 0.2) is 0 Å². The maximum atomic E-state index is 12.1. The van der Waals surface area contributed by atoms with E-state index >= 15 is 0 Å². The summed E-state index contributed by atoms with van der Waals surface area (Å²) in [4.78, 5) is 13.2. The first-order valence-corrected chi connectivity index (χ1v) is 7.00. The van der Waals surface area contributed by atoms with Crippen molar-refractivity contribution in [2.24, 2.45) is 5.92 Å². The lowest BCUT2D eigenvalue weighted by Crippen LogP contribution is -2.24. The lowest BCUT2D eigenvalue weighted by molar-refractivity contribution is 0.511. The van der Waals surface area contributed by atoms with Crippen molar-refractivity contribution in [3.63, 3.8) is 0 Å². The summed E-state index contributed by atoms with van der Waals surface area (Å²) in [6, 6.07) is 7.65. The highest BCUT2D eigenvalue weighted by atomic mass is 32.1. The smallest absolute Gasteiger partial charge is 0.274 e. The zero-order valence-electron chi connectivity index (χ0n) is 10.7. The van der Waals surface area contributed by atoms with E-state index in [1.807, 2.05) is 23.6 Å². The normalized spacial score (nSPS) is 11.1. The van der Waals surface area contributed by atoms with Gasteiger partial charge in [0.25, 0.3) is 5.56 Å². The summed E-state index contributed by atoms with van der Waals surface area (Å²) in [7, 11) is 0. The molecule has 0 saturated carbocycles. The zero-order valence-corrected chi connectivity index (χ0v) is 11.5. The minimum absolute atomic E-state index is 0.0819. The van der Waals surface area contributed by atoms with Crippen molar-refractivity contribution in [3.8, 4) is 10.6 Å². The first-order valence-electron chi connectivity index (χ1n) is 6.13. The molecule has 0 amide bonds. The van der Waals surface area contributed by atoms with Crippen LogP contribution in [0.15, 0.2) is 34.4 Å². The molecule has 0 atom stereocenters. The molecule has 0 aliphatic rings. The fourth-order valence-corrected chi connectivity index (χ4v) is 2.60. The number of pyridine rings is 1. The number of nitrogens with two attached hydrogens (primary N) is 1. The molecule has 0 aliphatic carbocycles. The second-order valence-corrected chi connectivity index (χ2v) is 5.74. The third-order valence-electron chi connectivity index (χ3n) is 2.91. The molecule has 0 fully saturated rings. The molecule has 4 heteroatoms. The minimum Gasteiger partial charge on any atom is -0.394 e. The number of hydrogen-bond acceptors (Lipinski definition) is 3. The maximum absolute atomic E-state index is 12.1. The Morgan fingerprint density at radius 1 is 1.33 bits per heavy atom. The summed E-state index contributed by atoms with van der Waals surface area (Å²) >= 11 is 1.64. The van der Waals surface area contributed by atoms with Crippen LogP contribution in [0.4, 0.5) is 5.69 Å². The molecule has 0 unspecified atom stereocenters. The SMILES string of the molecule is CC(C)CCn1c(-c2cccs2)ccc(N)c1=O. The van der Waals surface area contributed by atoms with Crippen molar-refractivity contribution < 1.29 is 0 Å². The highest BCUT2D eigenvalue weighted by Crippen LogP contribution is 2.24. The Hall–Kier alpha value is -1.55. The van der Waals surface area contributed by atoms with E-state index in [1.54, 1.807) is 22.0 Å². The van der Waals surface area contributed by atoms with Crippen LogP contribution in [0.5, 0.6) is 0 Å². The van der Waals surface area contributed by atoms with Gasteiger partial charge in [0.05, 0.1) is 16.3 Å². The fraction of sp³-hybridized carbons (Fsp3) is 0.357. The third kappa shape index (κ3) is 2.64. The van der Waals surface area contributed by atoms with Gasteiger partial charge in [0.1, 0.15) is 0 Å². The summed E-state index contributed by atoms with van der Waals surface area (Å²) in [5.41, 5.74) is 6.92. The van der Waals surface area contributed by atoms with Gasteiger partial charge in [-0.05, 0) is 35.9 Å². The van der Waals surface area contributed by atoms with Crippen molar-refractivity contribution >= 4 is 17.0 Å². The molecule has 3 nitrogen and oxygen atoms in total. The Balaban J connectivity index is 2.46. The van der Waals surface area contributed by atoms with E-state index in [9.17, 15) is 4.79 Å². The molecule has 0 aromatic carbocycles. The van der Waals surface area contributed by atoms with E-state index in [4.69, 9.17) is 5.73 Å². The molecule has 0 radical (unpaired) electrons. The predicted octanol–water partition coefficient (Wildman–Crippen LogP) is 3.21. The molecule has 18 heavy (non-hydrogen) atoms. The number of nitrogens with zero attached hydrogens (tertiary/aromatic N) is 1. The molecule has 2 heterocycles. The molecule has 2 aromatic heterocycles. The number of hydrogen-bond donors (Lipinski definition) is 1. The molecular weight excluding hydrogens is 244 g/mol. The van der Waals surface area contributed by atoms with Gasteiger partial charge in [-0.15, -0.1) is 11.3 Å². The van der Waals surface area contributed by atoms with E-state index in [-0.39, 0.29) is 5.56 Å². The van der Waals surface area contributed by atoms with Crippen molar-refractivity contribution in [1.82, 2.24) is 4.57 Å². The van der Waals surface area contributed by atoms with Crippen LogP contribution in [-0.2, 0) is 6.54 Å². The van der Waals surface area contributed by atoms with Gasteiger partial charge in [0.2, 0.25) is 0 Å². The summed E-state index contributed by atoms with van der Waals surface area (Å²) in [6.07, 6.45) is 0.974. The summed E-state index contributed by atoms with van der Waals surface area (Å²) in [6.45, 7) is 5.03. The van der Waals surface area contributed by atoms with Gasteiger partial charge < -0.3 is 10.3 Å². The van der Waals surface area contributed by atoms with Gasteiger partial charge >= 0.3 is 0 Å². The van der Waals surface area contributed by atoms with Crippen LogP contribution in [0.25, 0.3) is 10.6 Å². The van der Waals surface area contributed by atoms with Crippen LogP contribution in [-0.4, -0.2) is 4.57 Å². The van der Waals surface area contributed by atoms with E-state index in [0.717, 1.165) is 23.5 Å². The Labute approximate surface area is 111 Å². The maximum Gasteiger partial charge on any atom is 0.274 e. The molecule has 2 N–H and O–H groups in total. The molecule has 2 aromatic rings. The molecule has 96 valence electrons. The van der Waals surface area contributed by atoms with Gasteiger partial charge in [-0.25, -0.2) is 0 Å². The van der Waals surface area contributed by atoms with E-state index in [2.05, 4.69) is 13.8 Å². The molecule has 0 bridgehead atoms. The van der Waals surface area contributed by atoms with Crippen LogP contribution in [0.3, 0.4) is 0 Å². The van der Waals surface area contributed by atoms with Crippen molar-refractivity contribution in [2.75, 3.05) is 5.73 Å². The predicted molar refractivity (Wildman–Crippen MR) is 77.9 cm³/mol. The number of thiophene rings is 1. The Bertz CT molecular complexity index is 570. The second kappa shape index (κ2) is 5.40. The standard InChI is InChI=1S/C14H18N2OS/c1-10(2)7-8-16-12(13-4-3-9-18-13)6-5-11(15)14(16)17/h3-6,9-10H,7-8,15H2,1-2H3. The van der Waals surface area contributed by atoms with Gasteiger partial charge in [-0.3, -0.25) is 4.79 Å². The van der Waals surface area contributed by atoms with Gasteiger partial charge in [0, 0.05) is 6.54 Å². The number of nitrogen functional groups attached to an aromatic ring is 1. The largest absolute Gasteiger partial charge is 0.394 e. The highest BCUT2D eigenvalue weighted by Gasteiger charge is 2.10. The molecular formula is C14H18N2OS. The van der Waals surface area contributed by atoms with Crippen molar-refractivity contribution in [1.29, 1.82) is 0 Å². The topological polar surface area (TPSA) is 48.0 Å². The Morgan fingerprint density at radius 3 is 2.72 bits per heavy atom. The van der Waals surface area contributed by atoms with Crippen LogP contribution in [0.1, 0.15) is 20.3 Å². The number of anilines is 1. The molecule has 2 rings (SSSR count). The minimum atomic E-state index is -0.0819. The van der Waals surface area contributed by atoms with Crippen LogP contribution in [0.2, 0.25) is 0 Å². The lowest BCUT2D eigenvalue weighted by atomic mass is 10.1. The van der Waals surface area contributed by atoms with Gasteiger partial charge in [-0.2, -0.15) is 0 Å². The first-order chi connectivity index (χ1) is 8.59. The highest BCUT2D eigenvalue weighted by molar-refractivity contribution is 7.13.